The second kappa shape index (κ2) is 7.01. The van der Waals surface area contributed by atoms with Gasteiger partial charge in [-0.15, -0.1) is 0 Å². The minimum absolute atomic E-state index is 0.118. The Morgan fingerprint density at radius 1 is 1.29 bits per heavy atom. The number of amides is 1. The van der Waals surface area contributed by atoms with Crippen molar-refractivity contribution < 1.29 is 14.4 Å². The van der Waals surface area contributed by atoms with Crippen LogP contribution in [0.2, 0.25) is 0 Å². The molecule has 7 nitrogen and oxygen atoms in total. The van der Waals surface area contributed by atoms with Crippen molar-refractivity contribution in [3.63, 3.8) is 0 Å². The van der Waals surface area contributed by atoms with Crippen molar-refractivity contribution in [2.24, 2.45) is 0 Å². The van der Waals surface area contributed by atoms with E-state index in [1.165, 1.54) is 6.92 Å². The molecule has 1 atom stereocenters. The van der Waals surface area contributed by atoms with Gasteiger partial charge in [0, 0.05) is 24.2 Å². The van der Waals surface area contributed by atoms with Crippen LogP contribution in [0.25, 0.3) is 11.3 Å². The van der Waals surface area contributed by atoms with Gasteiger partial charge in [0.1, 0.15) is 17.4 Å². The molecular weight excluding hydrogens is 308 g/mol. The molecule has 0 radical (unpaired) electrons. The summed E-state index contributed by atoms with van der Waals surface area (Å²) >= 11 is 0. The van der Waals surface area contributed by atoms with Gasteiger partial charge in [0.15, 0.2) is 5.76 Å². The highest BCUT2D eigenvalue weighted by Gasteiger charge is 2.26. The number of aromatic nitrogens is 3. The zero-order chi connectivity index (χ0) is 16.9. The predicted molar refractivity (Wildman–Crippen MR) is 85.8 cm³/mol. The second-order valence-electron chi connectivity index (χ2n) is 5.19. The first kappa shape index (κ1) is 15.8. The van der Waals surface area contributed by atoms with Gasteiger partial charge >= 0.3 is 0 Å². The lowest BCUT2D eigenvalue weighted by atomic mass is 10.0. The Balaban J connectivity index is 1.90. The average molecular weight is 324 g/mol. The van der Waals surface area contributed by atoms with E-state index < -0.39 is 12.0 Å². The number of aliphatic hydroxyl groups excluding tert-OH is 1. The van der Waals surface area contributed by atoms with E-state index in [9.17, 15) is 9.90 Å². The number of rotatable bonds is 5. The quantitative estimate of drug-likeness (QED) is 0.745. The van der Waals surface area contributed by atoms with E-state index in [-0.39, 0.29) is 17.9 Å². The van der Waals surface area contributed by atoms with Crippen LogP contribution in [0.1, 0.15) is 34.8 Å². The zero-order valence-electron chi connectivity index (χ0n) is 13.0. The fraction of sp³-hybridized carbons (Fsp3) is 0.176. The molecule has 0 fully saturated rings. The van der Waals surface area contributed by atoms with E-state index in [1.807, 2.05) is 12.1 Å². The van der Waals surface area contributed by atoms with Crippen molar-refractivity contribution in [2.75, 3.05) is 0 Å². The number of pyridine rings is 2. The summed E-state index contributed by atoms with van der Waals surface area (Å²) in [7, 11) is 0. The van der Waals surface area contributed by atoms with E-state index in [4.69, 9.17) is 4.52 Å². The largest absolute Gasteiger partial charge is 0.385 e. The molecule has 0 saturated heterocycles. The zero-order valence-corrected chi connectivity index (χ0v) is 13.0. The molecule has 3 aromatic heterocycles. The highest BCUT2D eigenvalue weighted by atomic mass is 16.5. The van der Waals surface area contributed by atoms with Crippen LogP contribution in [-0.2, 0) is 6.54 Å². The Bertz CT molecular complexity index is 816. The summed E-state index contributed by atoms with van der Waals surface area (Å²) in [5, 5.41) is 16.6. The molecule has 7 heteroatoms. The van der Waals surface area contributed by atoms with Gasteiger partial charge in [-0.1, -0.05) is 11.2 Å². The summed E-state index contributed by atoms with van der Waals surface area (Å²) in [6.07, 6.45) is 3.90. The molecule has 0 spiro atoms. The molecule has 1 amide bonds. The average Bonchev–Trinajstić information content (AvgIpc) is 3.07. The summed E-state index contributed by atoms with van der Waals surface area (Å²) in [6.45, 7) is 1.78. The van der Waals surface area contributed by atoms with Gasteiger partial charge in [-0.05, 0) is 31.2 Å². The molecule has 0 aliphatic heterocycles. The standard InChI is InChI=1S/C17H16N4O3/c1-11(22)16-14(15(21-24-16)12-5-4-7-18-9-12)17(23)20-10-13-6-2-3-8-19-13/h2-9,11,22H,10H2,1H3,(H,20,23)/t11-/m0/s1. The molecule has 0 saturated carbocycles. The highest BCUT2D eigenvalue weighted by Crippen LogP contribution is 2.28. The molecule has 0 bridgehead atoms. The van der Waals surface area contributed by atoms with Gasteiger partial charge in [-0.3, -0.25) is 14.8 Å². The molecule has 2 N–H and O–H groups in total. The number of nitrogens with one attached hydrogen (secondary N) is 1. The van der Waals surface area contributed by atoms with Crippen molar-refractivity contribution in [1.29, 1.82) is 0 Å². The third-order valence-corrected chi connectivity index (χ3v) is 3.42. The molecule has 24 heavy (non-hydrogen) atoms. The minimum atomic E-state index is -0.960. The summed E-state index contributed by atoms with van der Waals surface area (Å²) in [4.78, 5) is 20.8. The first-order valence-electron chi connectivity index (χ1n) is 7.43. The van der Waals surface area contributed by atoms with Gasteiger partial charge in [0.25, 0.3) is 5.91 Å². The van der Waals surface area contributed by atoms with Gasteiger partial charge in [0.05, 0.1) is 12.2 Å². The van der Waals surface area contributed by atoms with Crippen LogP contribution in [0, 0.1) is 0 Å². The van der Waals surface area contributed by atoms with E-state index in [0.717, 1.165) is 5.69 Å². The maximum Gasteiger partial charge on any atom is 0.257 e. The number of carbonyl (C=O) groups excluding carboxylic acids is 1. The fourth-order valence-corrected chi connectivity index (χ4v) is 2.27. The Morgan fingerprint density at radius 2 is 2.17 bits per heavy atom. The number of carbonyl (C=O) groups is 1. The van der Waals surface area contributed by atoms with Crippen molar-refractivity contribution in [3.05, 3.63) is 65.9 Å². The Labute approximate surface area is 138 Å². The van der Waals surface area contributed by atoms with E-state index in [0.29, 0.717) is 11.3 Å². The molecule has 0 aliphatic carbocycles. The Kier molecular flexibility index (Phi) is 4.62. The predicted octanol–water partition coefficient (Wildman–Crippen LogP) is 2.11. The smallest absolute Gasteiger partial charge is 0.257 e. The van der Waals surface area contributed by atoms with Crippen LogP contribution in [-0.4, -0.2) is 26.1 Å². The number of nitrogens with zero attached hydrogens (tertiary/aromatic N) is 3. The number of hydrogen-bond donors (Lipinski definition) is 2. The van der Waals surface area contributed by atoms with Crippen LogP contribution in [0.4, 0.5) is 0 Å². The summed E-state index contributed by atoms with van der Waals surface area (Å²) in [5.74, 6) is -0.274. The normalized spacial score (nSPS) is 11.9. The van der Waals surface area contributed by atoms with Crippen molar-refractivity contribution in [2.45, 2.75) is 19.6 Å². The number of hydrogen-bond acceptors (Lipinski definition) is 6. The molecule has 122 valence electrons. The first-order chi connectivity index (χ1) is 11.7. The molecule has 3 heterocycles. The topological polar surface area (TPSA) is 101 Å². The lowest BCUT2D eigenvalue weighted by molar-refractivity contribution is 0.0937. The van der Waals surface area contributed by atoms with Gasteiger partial charge < -0.3 is 14.9 Å². The highest BCUT2D eigenvalue weighted by molar-refractivity contribution is 6.00. The van der Waals surface area contributed by atoms with Crippen LogP contribution in [0.15, 0.2) is 53.4 Å². The van der Waals surface area contributed by atoms with Crippen molar-refractivity contribution >= 4 is 5.91 Å². The SMILES string of the molecule is C[C@H](O)c1onc(-c2cccnc2)c1C(=O)NCc1ccccn1. The van der Waals surface area contributed by atoms with Crippen LogP contribution in [0.5, 0.6) is 0 Å². The number of aliphatic hydroxyl groups is 1. The van der Waals surface area contributed by atoms with Gasteiger partial charge in [-0.25, -0.2) is 0 Å². The molecular formula is C17H16N4O3. The van der Waals surface area contributed by atoms with Gasteiger partial charge in [-0.2, -0.15) is 0 Å². The Hall–Kier alpha value is -3.06. The molecule has 0 unspecified atom stereocenters. The van der Waals surface area contributed by atoms with E-state index in [2.05, 4.69) is 20.4 Å². The third-order valence-electron chi connectivity index (χ3n) is 3.42. The summed E-state index contributed by atoms with van der Waals surface area (Å²) < 4.78 is 5.18. The van der Waals surface area contributed by atoms with Crippen LogP contribution >= 0.6 is 0 Å². The molecule has 0 aliphatic rings. The lowest BCUT2D eigenvalue weighted by Crippen LogP contribution is -2.24. The summed E-state index contributed by atoms with van der Waals surface area (Å²) in [5.41, 5.74) is 1.91. The van der Waals surface area contributed by atoms with Crippen molar-refractivity contribution in [1.82, 2.24) is 20.4 Å². The summed E-state index contributed by atoms with van der Waals surface area (Å²) in [6, 6.07) is 8.97. The van der Waals surface area contributed by atoms with Crippen molar-refractivity contribution in [3.8, 4) is 11.3 Å². The van der Waals surface area contributed by atoms with E-state index in [1.54, 1.807) is 36.8 Å². The Morgan fingerprint density at radius 3 is 2.83 bits per heavy atom. The third kappa shape index (κ3) is 3.31. The minimum Gasteiger partial charge on any atom is -0.385 e. The second-order valence-corrected chi connectivity index (χ2v) is 5.19. The molecule has 3 rings (SSSR count). The fourth-order valence-electron chi connectivity index (χ4n) is 2.27. The van der Waals surface area contributed by atoms with Crippen LogP contribution in [0.3, 0.4) is 0 Å². The lowest BCUT2D eigenvalue weighted by Gasteiger charge is -2.07. The maximum absolute atomic E-state index is 12.6. The maximum atomic E-state index is 12.6. The molecule has 3 aromatic rings. The molecule has 0 aromatic carbocycles. The van der Waals surface area contributed by atoms with Crippen LogP contribution < -0.4 is 5.32 Å². The van der Waals surface area contributed by atoms with E-state index >= 15 is 0 Å². The van der Waals surface area contributed by atoms with Gasteiger partial charge in [0.2, 0.25) is 0 Å². The first-order valence-corrected chi connectivity index (χ1v) is 7.43. The monoisotopic (exact) mass is 324 g/mol.